The van der Waals surface area contributed by atoms with Gasteiger partial charge in [0.2, 0.25) is 11.8 Å². The minimum atomic E-state index is 0.228. The molecule has 0 fully saturated rings. The summed E-state index contributed by atoms with van der Waals surface area (Å²) in [5.41, 5.74) is 2.91. The van der Waals surface area contributed by atoms with Gasteiger partial charge in [-0.3, -0.25) is 10.5 Å². The minimum Gasteiger partial charge on any atom is -0.497 e. The molecule has 0 aliphatic carbocycles. The number of benzene rings is 1. The van der Waals surface area contributed by atoms with Gasteiger partial charge in [-0.2, -0.15) is 15.1 Å². The molecule has 3 aromatic rings. The van der Waals surface area contributed by atoms with Crippen molar-refractivity contribution in [2.45, 2.75) is 0 Å². The Bertz CT molecular complexity index is 791. The summed E-state index contributed by atoms with van der Waals surface area (Å²) in [4.78, 5) is 8.32. The Hall–Kier alpha value is -2.39. The molecule has 0 radical (unpaired) electrons. The summed E-state index contributed by atoms with van der Waals surface area (Å²) in [5.74, 6) is 7.22. The van der Waals surface area contributed by atoms with E-state index in [-0.39, 0.29) is 5.95 Å². The van der Waals surface area contributed by atoms with E-state index in [1.165, 1.54) is 0 Å². The van der Waals surface area contributed by atoms with Crippen molar-refractivity contribution in [3.8, 4) is 17.4 Å². The van der Waals surface area contributed by atoms with E-state index in [0.29, 0.717) is 22.7 Å². The van der Waals surface area contributed by atoms with Crippen LogP contribution in [0.4, 0.5) is 5.95 Å². The average molecular weight is 351 g/mol. The zero-order chi connectivity index (χ0) is 14.8. The number of nitrogens with two attached hydrogens (primary N) is 1. The maximum Gasteiger partial charge on any atom is 0.242 e. The molecule has 2 heterocycles. The van der Waals surface area contributed by atoms with Gasteiger partial charge in [-0.05, 0) is 34.1 Å². The highest BCUT2D eigenvalue weighted by Gasteiger charge is 2.13. The highest BCUT2D eigenvalue weighted by atomic mass is 79.9. The monoisotopic (exact) mass is 350 g/mol. The minimum absolute atomic E-state index is 0.228. The van der Waals surface area contributed by atoms with E-state index in [2.05, 4.69) is 41.5 Å². The molecule has 4 N–H and O–H groups in total. The van der Waals surface area contributed by atoms with Crippen molar-refractivity contribution >= 4 is 32.9 Å². The van der Waals surface area contributed by atoms with Crippen molar-refractivity contribution in [2.75, 3.05) is 12.5 Å². The fraction of sp³-hybridized carbons (Fsp3) is 0.0833. The van der Waals surface area contributed by atoms with Crippen LogP contribution in [0.1, 0.15) is 0 Å². The largest absolute Gasteiger partial charge is 0.497 e. The molecule has 0 saturated heterocycles. The normalized spacial score (nSPS) is 10.6. The van der Waals surface area contributed by atoms with E-state index in [9.17, 15) is 0 Å². The van der Waals surface area contributed by atoms with Crippen molar-refractivity contribution in [3.63, 3.8) is 0 Å². The van der Waals surface area contributed by atoms with Crippen LogP contribution in [0, 0.1) is 0 Å². The van der Waals surface area contributed by atoms with Crippen molar-refractivity contribution in [1.82, 2.24) is 20.2 Å². The molecule has 0 amide bonds. The van der Waals surface area contributed by atoms with Gasteiger partial charge in [0, 0.05) is 0 Å². The molecule has 1 aromatic carbocycles. The second-order valence-electron chi connectivity index (χ2n) is 4.03. The summed E-state index contributed by atoms with van der Waals surface area (Å²) in [5, 5.41) is 7.32. The number of fused-ring (bicyclic) bond motifs is 1. The fourth-order valence-electron chi connectivity index (χ4n) is 1.75. The van der Waals surface area contributed by atoms with E-state index >= 15 is 0 Å². The molecule has 8 nitrogen and oxygen atoms in total. The maximum atomic E-state index is 5.81. The van der Waals surface area contributed by atoms with Crippen LogP contribution in [0.5, 0.6) is 17.4 Å². The summed E-state index contributed by atoms with van der Waals surface area (Å²) in [6.07, 6.45) is 1.59. The highest BCUT2D eigenvalue weighted by Crippen LogP contribution is 2.34. The van der Waals surface area contributed by atoms with Crippen LogP contribution < -0.4 is 20.7 Å². The zero-order valence-corrected chi connectivity index (χ0v) is 12.5. The van der Waals surface area contributed by atoms with E-state index in [1.807, 2.05) is 0 Å². The Labute approximate surface area is 127 Å². The third kappa shape index (κ3) is 2.60. The summed E-state index contributed by atoms with van der Waals surface area (Å²) in [6.45, 7) is 0. The maximum absolute atomic E-state index is 5.81. The number of H-pyrrole nitrogens is 1. The van der Waals surface area contributed by atoms with Crippen molar-refractivity contribution in [3.05, 3.63) is 28.9 Å². The van der Waals surface area contributed by atoms with Gasteiger partial charge in [0.25, 0.3) is 0 Å². The zero-order valence-electron chi connectivity index (χ0n) is 10.9. The molecule has 0 unspecified atom stereocenters. The van der Waals surface area contributed by atoms with Gasteiger partial charge in [-0.15, -0.1) is 0 Å². The number of ether oxygens (including phenoxy) is 2. The molecule has 0 spiro atoms. The van der Waals surface area contributed by atoms with Gasteiger partial charge in [-0.25, -0.2) is 5.84 Å². The lowest BCUT2D eigenvalue weighted by atomic mass is 10.3. The second-order valence-corrected chi connectivity index (χ2v) is 4.88. The molecular weight excluding hydrogens is 340 g/mol. The second kappa shape index (κ2) is 5.54. The molecule has 0 atom stereocenters. The summed E-state index contributed by atoms with van der Waals surface area (Å²) >= 11 is 3.42. The number of hydrogen-bond acceptors (Lipinski definition) is 7. The lowest BCUT2D eigenvalue weighted by molar-refractivity contribution is 0.411. The number of nitrogen functional groups attached to an aromatic ring is 1. The van der Waals surface area contributed by atoms with Gasteiger partial charge in [0.1, 0.15) is 16.9 Å². The number of halogens is 1. The quantitative estimate of drug-likeness (QED) is 0.488. The van der Waals surface area contributed by atoms with Crippen LogP contribution in [0.2, 0.25) is 0 Å². The predicted octanol–water partition coefficient (Wildman–Crippen LogP) is 2.20. The Kier molecular flexibility index (Phi) is 3.59. The smallest absolute Gasteiger partial charge is 0.242 e. The van der Waals surface area contributed by atoms with Gasteiger partial charge in [0.05, 0.1) is 17.8 Å². The number of nitrogens with zero attached hydrogens (tertiary/aromatic N) is 3. The standard InChI is InChI=1S/C12H11BrN6O2/c1-20-6-2-3-9(8(13)4-6)21-11-7-5-15-19-10(7)16-12(17-11)18-14/h2-5H,14H2,1H3,(H2,15,16,17,18,19). The first-order chi connectivity index (χ1) is 10.2. The molecule has 21 heavy (non-hydrogen) atoms. The Morgan fingerprint density at radius 1 is 1.33 bits per heavy atom. The van der Waals surface area contributed by atoms with Crippen LogP contribution >= 0.6 is 15.9 Å². The van der Waals surface area contributed by atoms with Crippen LogP contribution in [0.25, 0.3) is 11.0 Å². The lowest BCUT2D eigenvalue weighted by Gasteiger charge is -2.09. The molecule has 2 aromatic heterocycles. The number of hydrazine groups is 1. The molecular formula is C12H11BrN6O2. The van der Waals surface area contributed by atoms with Gasteiger partial charge in [0.15, 0.2) is 5.65 Å². The van der Waals surface area contributed by atoms with Crippen LogP contribution in [0.15, 0.2) is 28.9 Å². The van der Waals surface area contributed by atoms with Crippen molar-refractivity contribution in [1.29, 1.82) is 0 Å². The molecule has 3 rings (SSSR count). The first kappa shape index (κ1) is 13.6. The first-order valence-corrected chi connectivity index (χ1v) is 6.69. The number of aromatic nitrogens is 4. The first-order valence-electron chi connectivity index (χ1n) is 5.90. The number of nitrogens with one attached hydrogen (secondary N) is 2. The lowest BCUT2D eigenvalue weighted by Crippen LogP contribution is -2.10. The third-order valence-corrected chi connectivity index (χ3v) is 3.37. The molecule has 0 aliphatic heterocycles. The van der Waals surface area contributed by atoms with Crippen LogP contribution in [-0.4, -0.2) is 27.3 Å². The van der Waals surface area contributed by atoms with Gasteiger partial charge in [-0.1, -0.05) is 0 Å². The average Bonchev–Trinajstić information content (AvgIpc) is 2.97. The highest BCUT2D eigenvalue weighted by molar-refractivity contribution is 9.10. The van der Waals surface area contributed by atoms with E-state index < -0.39 is 0 Å². The topological polar surface area (TPSA) is 111 Å². The Balaban J connectivity index is 2.03. The SMILES string of the molecule is COc1ccc(Oc2nc(NN)nc3[nH]ncc23)c(Br)c1. The van der Waals surface area contributed by atoms with E-state index in [1.54, 1.807) is 31.5 Å². The molecule has 0 bridgehead atoms. The van der Waals surface area contributed by atoms with Gasteiger partial charge >= 0.3 is 0 Å². The molecule has 0 saturated carbocycles. The number of anilines is 1. The number of rotatable bonds is 4. The molecule has 108 valence electrons. The summed E-state index contributed by atoms with van der Waals surface area (Å²) in [6, 6.07) is 5.35. The van der Waals surface area contributed by atoms with E-state index in [4.69, 9.17) is 15.3 Å². The number of aromatic amines is 1. The molecule has 0 aliphatic rings. The summed E-state index contributed by atoms with van der Waals surface area (Å²) in [7, 11) is 1.60. The van der Waals surface area contributed by atoms with Gasteiger partial charge < -0.3 is 9.47 Å². The Morgan fingerprint density at radius 2 is 2.19 bits per heavy atom. The molecule has 9 heteroatoms. The van der Waals surface area contributed by atoms with Crippen LogP contribution in [0.3, 0.4) is 0 Å². The van der Waals surface area contributed by atoms with Crippen molar-refractivity contribution < 1.29 is 9.47 Å². The van der Waals surface area contributed by atoms with Crippen molar-refractivity contribution in [2.24, 2.45) is 5.84 Å². The number of hydrogen-bond donors (Lipinski definition) is 3. The fourth-order valence-corrected chi connectivity index (χ4v) is 2.18. The summed E-state index contributed by atoms with van der Waals surface area (Å²) < 4.78 is 11.7. The predicted molar refractivity (Wildman–Crippen MR) is 80.3 cm³/mol. The third-order valence-electron chi connectivity index (χ3n) is 2.75. The van der Waals surface area contributed by atoms with E-state index in [0.717, 1.165) is 10.2 Å². The number of methoxy groups -OCH3 is 1. The Morgan fingerprint density at radius 3 is 2.90 bits per heavy atom. The van der Waals surface area contributed by atoms with Crippen LogP contribution in [-0.2, 0) is 0 Å².